The number of rotatable bonds is 6. The first-order chi connectivity index (χ1) is 9.55. The third-order valence-electron chi connectivity index (χ3n) is 2.21. The molecule has 0 saturated heterocycles. The van der Waals surface area contributed by atoms with Crippen LogP contribution in [0.1, 0.15) is 0 Å². The highest BCUT2D eigenvalue weighted by molar-refractivity contribution is 8.01. The SMILES string of the molecule is Nc1cccc(SCCS(=O)(=O)Nc2nccnn2)c1. The molecule has 0 spiro atoms. The van der Waals surface area contributed by atoms with E-state index < -0.39 is 10.0 Å². The summed E-state index contributed by atoms with van der Waals surface area (Å²) in [6.45, 7) is 0. The van der Waals surface area contributed by atoms with Gasteiger partial charge in [0.2, 0.25) is 10.0 Å². The Morgan fingerprint density at radius 1 is 1.30 bits per heavy atom. The lowest BCUT2D eigenvalue weighted by molar-refractivity contribution is 0.602. The summed E-state index contributed by atoms with van der Waals surface area (Å²) in [6, 6.07) is 7.29. The molecule has 0 unspecified atom stereocenters. The topological polar surface area (TPSA) is 111 Å². The van der Waals surface area contributed by atoms with Crippen LogP contribution in [0.15, 0.2) is 41.6 Å². The summed E-state index contributed by atoms with van der Waals surface area (Å²) in [7, 11) is -3.48. The molecule has 0 aliphatic heterocycles. The van der Waals surface area contributed by atoms with Gasteiger partial charge < -0.3 is 5.73 Å². The van der Waals surface area contributed by atoms with Crippen molar-refractivity contribution in [2.75, 3.05) is 22.0 Å². The maximum atomic E-state index is 11.8. The standard InChI is InChI=1S/C11H13N5O2S2/c12-9-2-1-3-10(8-9)19-6-7-20(17,18)16-11-13-4-5-14-15-11/h1-5,8H,6-7,12H2,(H,13,15,16). The van der Waals surface area contributed by atoms with Gasteiger partial charge in [0.1, 0.15) is 0 Å². The molecule has 1 heterocycles. The number of aromatic nitrogens is 3. The zero-order valence-electron chi connectivity index (χ0n) is 10.4. The summed E-state index contributed by atoms with van der Waals surface area (Å²) in [5, 5.41) is 7.11. The number of thioether (sulfide) groups is 1. The highest BCUT2D eigenvalue weighted by Gasteiger charge is 2.12. The molecule has 0 bridgehead atoms. The molecule has 3 N–H and O–H groups in total. The Kier molecular flexibility index (Phi) is 4.74. The average Bonchev–Trinajstić information content (AvgIpc) is 2.39. The lowest BCUT2D eigenvalue weighted by Gasteiger charge is -2.06. The van der Waals surface area contributed by atoms with Crippen LogP contribution in [0.25, 0.3) is 0 Å². The van der Waals surface area contributed by atoms with Crippen molar-refractivity contribution in [1.29, 1.82) is 0 Å². The molecule has 0 radical (unpaired) electrons. The minimum atomic E-state index is -3.48. The molecular weight excluding hydrogens is 298 g/mol. The predicted octanol–water partition coefficient (Wildman–Crippen LogP) is 0.988. The van der Waals surface area contributed by atoms with E-state index in [0.29, 0.717) is 11.4 Å². The molecule has 106 valence electrons. The zero-order chi connectivity index (χ0) is 14.4. The highest BCUT2D eigenvalue weighted by atomic mass is 32.2. The van der Waals surface area contributed by atoms with Crippen LogP contribution in [0.3, 0.4) is 0 Å². The lowest BCUT2D eigenvalue weighted by atomic mass is 10.3. The molecule has 0 aliphatic carbocycles. The first-order valence-corrected chi connectivity index (χ1v) is 8.31. The smallest absolute Gasteiger partial charge is 0.256 e. The molecule has 2 rings (SSSR count). The third-order valence-corrected chi connectivity index (χ3v) is 4.70. The Morgan fingerprint density at radius 3 is 2.85 bits per heavy atom. The van der Waals surface area contributed by atoms with Gasteiger partial charge in [-0.1, -0.05) is 6.07 Å². The normalized spacial score (nSPS) is 11.2. The van der Waals surface area contributed by atoms with E-state index in [9.17, 15) is 8.42 Å². The van der Waals surface area contributed by atoms with E-state index in [-0.39, 0.29) is 11.7 Å². The molecule has 7 nitrogen and oxygen atoms in total. The van der Waals surface area contributed by atoms with Crippen molar-refractivity contribution in [1.82, 2.24) is 15.2 Å². The summed E-state index contributed by atoms with van der Waals surface area (Å²) in [5.41, 5.74) is 6.30. The lowest BCUT2D eigenvalue weighted by Crippen LogP contribution is -2.19. The van der Waals surface area contributed by atoms with E-state index in [1.165, 1.54) is 24.2 Å². The van der Waals surface area contributed by atoms with E-state index in [0.717, 1.165) is 4.90 Å². The number of benzene rings is 1. The van der Waals surface area contributed by atoms with Gasteiger partial charge in [0.15, 0.2) is 0 Å². The molecule has 1 aromatic heterocycles. The monoisotopic (exact) mass is 311 g/mol. The van der Waals surface area contributed by atoms with Crippen LogP contribution in [-0.2, 0) is 10.0 Å². The van der Waals surface area contributed by atoms with Gasteiger partial charge in [0.05, 0.1) is 18.1 Å². The third kappa shape index (κ3) is 4.67. The van der Waals surface area contributed by atoms with E-state index in [1.807, 2.05) is 12.1 Å². The number of hydrogen-bond acceptors (Lipinski definition) is 7. The van der Waals surface area contributed by atoms with Crippen molar-refractivity contribution in [2.24, 2.45) is 0 Å². The second kappa shape index (κ2) is 6.53. The fourth-order valence-electron chi connectivity index (χ4n) is 1.36. The second-order valence-corrected chi connectivity index (χ2v) is 6.82. The fourth-order valence-corrected chi connectivity index (χ4v) is 3.67. The number of hydrogen-bond donors (Lipinski definition) is 2. The van der Waals surface area contributed by atoms with E-state index in [4.69, 9.17) is 5.73 Å². The Morgan fingerprint density at radius 2 is 2.15 bits per heavy atom. The van der Waals surface area contributed by atoms with Gasteiger partial charge in [0, 0.05) is 16.3 Å². The molecule has 9 heteroatoms. The van der Waals surface area contributed by atoms with Crippen LogP contribution in [0.2, 0.25) is 0 Å². The number of nitrogens with zero attached hydrogens (tertiary/aromatic N) is 3. The Labute approximate surface area is 121 Å². The average molecular weight is 311 g/mol. The van der Waals surface area contributed by atoms with Gasteiger partial charge in [-0.05, 0) is 18.2 Å². The van der Waals surface area contributed by atoms with Crippen LogP contribution >= 0.6 is 11.8 Å². The van der Waals surface area contributed by atoms with Crippen molar-refractivity contribution >= 4 is 33.4 Å². The number of nitrogen functional groups attached to an aromatic ring is 1. The van der Waals surface area contributed by atoms with Crippen molar-refractivity contribution in [3.63, 3.8) is 0 Å². The van der Waals surface area contributed by atoms with E-state index in [2.05, 4.69) is 19.9 Å². The molecule has 0 atom stereocenters. The number of nitrogens with two attached hydrogens (primary N) is 1. The summed E-state index contributed by atoms with van der Waals surface area (Å²) >= 11 is 1.42. The molecule has 0 amide bonds. The molecule has 0 saturated carbocycles. The summed E-state index contributed by atoms with van der Waals surface area (Å²) in [4.78, 5) is 4.68. The minimum Gasteiger partial charge on any atom is -0.399 e. The predicted molar refractivity (Wildman–Crippen MR) is 78.8 cm³/mol. The van der Waals surface area contributed by atoms with E-state index in [1.54, 1.807) is 12.1 Å². The van der Waals surface area contributed by atoms with Crippen LogP contribution in [0.4, 0.5) is 11.6 Å². The molecule has 2 aromatic rings. The zero-order valence-corrected chi connectivity index (χ0v) is 12.1. The maximum absolute atomic E-state index is 11.8. The van der Waals surface area contributed by atoms with Crippen molar-refractivity contribution in [3.8, 4) is 0 Å². The van der Waals surface area contributed by atoms with Crippen LogP contribution in [0.5, 0.6) is 0 Å². The molecule has 1 aromatic carbocycles. The Hall–Kier alpha value is -1.87. The second-order valence-electron chi connectivity index (χ2n) is 3.81. The first kappa shape index (κ1) is 14.5. The number of nitrogens with one attached hydrogen (secondary N) is 1. The quantitative estimate of drug-likeness (QED) is 0.604. The van der Waals surface area contributed by atoms with Crippen molar-refractivity contribution in [2.45, 2.75) is 4.90 Å². The van der Waals surface area contributed by atoms with Crippen LogP contribution < -0.4 is 10.5 Å². The van der Waals surface area contributed by atoms with Gasteiger partial charge in [-0.15, -0.1) is 16.9 Å². The Balaban J connectivity index is 1.87. The highest BCUT2D eigenvalue weighted by Crippen LogP contribution is 2.20. The van der Waals surface area contributed by atoms with Crippen LogP contribution in [-0.4, -0.2) is 35.1 Å². The minimum absolute atomic E-state index is 0.0264. The molecule has 0 fully saturated rings. The molecular formula is C11H13N5O2S2. The largest absolute Gasteiger partial charge is 0.399 e. The molecule has 0 aliphatic rings. The van der Waals surface area contributed by atoms with Gasteiger partial charge in [0.25, 0.3) is 5.95 Å². The molecule has 20 heavy (non-hydrogen) atoms. The van der Waals surface area contributed by atoms with Gasteiger partial charge in [-0.3, -0.25) is 0 Å². The van der Waals surface area contributed by atoms with Crippen molar-refractivity contribution < 1.29 is 8.42 Å². The first-order valence-electron chi connectivity index (χ1n) is 5.68. The summed E-state index contributed by atoms with van der Waals surface area (Å²) < 4.78 is 25.9. The summed E-state index contributed by atoms with van der Waals surface area (Å²) in [6.07, 6.45) is 2.74. The van der Waals surface area contributed by atoms with Crippen LogP contribution in [0, 0.1) is 0 Å². The maximum Gasteiger partial charge on any atom is 0.256 e. The van der Waals surface area contributed by atoms with Gasteiger partial charge >= 0.3 is 0 Å². The fraction of sp³-hybridized carbons (Fsp3) is 0.182. The van der Waals surface area contributed by atoms with E-state index >= 15 is 0 Å². The van der Waals surface area contributed by atoms with Gasteiger partial charge in [-0.2, -0.15) is 5.10 Å². The number of anilines is 2. The number of sulfonamides is 1. The van der Waals surface area contributed by atoms with Crippen molar-refractivity contribution in [3.05, 3.63) is 36.7 Å². The summed E-state index contributed by atoms with van der Waals surface area (Å²) in [5.74, 6) is 0.325. The van der Waals surface area contributed by atoms with Gasteiger partial charge in [-0.25, -0.2) is 18.1 Å². The Bertz CT molecular complexity index is 664.